The van der Waals surface area contributed by atoms with Gasteiger partial charge in [0.1, 0.15) is 0 Å². The van der Waals surface area contributed by atoms with Crippen molar-refractivity contribution in [3.63, 3.8) is 0 Å². The van der Waals surface area contributed by atoms with Gasteiger partial charge in [-0.15, -0.1) is 0 Å². The van der Waals surface area contributed by atoms with Crippen molar-refractivity contribution in [3.05, 3.63) is 35.4 Å². The molecule has 0 aliphatic rings. The van der Waals surface area contributed by atoms with Crippen molar-refractivity contribution in [2.75, 3.05) is 0 Å². The highest BCUT2D eigenvalue weighted by molar-refractivity contribution is 5.22. The van der Waals surface area contributed by atoms with E-state index in [9.17, 15) is 0 Å². The van der Waals surface area contributed by atoms with Gasteiger partial charge in [-0.25, -0.2) is 0 Å². The van der Waals surface area contributed by atoms with Crippen molar-refractivity contribution in [3.8, 4) is 0 Å². The van der Waals surface area contributed by atoms with Gasteiger partial charge in [-0.05, 0) is 36.8 Å². The molecule has 0 unspecified atom stereocenters. The molecular weight excluding hydrogens is 194 g/mol. The monoisotopic (exact) mass is 219 g/mol. The molecule has 1 nitrogen and oxygen atoms in total. The van der Waals surface area contributed by atoms with E-state index in [0.29, 0.717) is 6.04 Å². The molecule has 0 spiro atoms. The summed E-state index contributed by atoms with van der Waals surface area (Å²) in [5.41, 5.74) is 2.83. The Morgan fingerprint density at radius 3 is 2.06 bits per heavy atom. The Balaban J connectivity index is 2.45. The summed E-state index contributed by atoms with van der Waals surface area (Å²) in [5.74, 6) is 0.740. The molecular formula is C15H25N. The summed E-state index contributed by atoms with van der Waals surface area (Å²) in [4.78, 5) is 0. The molecule has 0 bridgehead atoms. The van der Waals surface area contributed by atoms with E-state index in [-0.39, 0.29) is 0 Å². The third-order valence-electron chi connectivity index (χ3n) is 2.93. The van der Waals surface area contributed by atoms with E-state index in [1.807, 2.05) is 0 Å². The van der Waals surface area contributed by atoms with Gasteiger partial charge >= 0.3 is 0 Å². The van der Waals surface area contributed by atoms with Gasteiger partial charge in [0.2, 0.25) is 0 Å². The molecule has 1 aromatic carbocycles. The Morgan fingerprint density at radius 2 is 1.56 bits per heavy atom. The van der Waals surface area contributed by atoms with Gasteiger partial charge in [-0.1, -0.05) is 45.0 Å². The second-order valence-electron chi connectivity index (χ2n) is 5.10. The van der Waals surface area contributed by atoms with Crippen LogP contribution in [0.2, 0.25) is 0 Å². The first-order valence-electron chi connectivity index (χ1n) is 6.43. The van der Waals surface area contributed by atoms with Crippen LogP contribution in [-0.2, 0) is 13.0 Å². The van der Waals surface area contributed by atoms with Crippen molar-refractivity contribution in [2.45, 2.75) is 53.1 Å². The van der Waals surface area contributed by atoms with Gasteiger partial charge in [-0.3, -0.25) is 0 Å². The Hall–Kier alpha value is -0.820. The SMILES string of the molecule is CC[C@H](C)NCc1ccc(CC(C)C)cc1. The van der Waals surface area contributed by atoms with Crippen LogP contribution in [0.3, 0.4) is 0 Å². The van der Waals surface area contributed by atoms with E-state index >= 15 is 0 Å². The molecule has 1 atom stereocenters. The minimum Gasteiger partial charge on any atom is -0.310 e. The lowest BCUT2D eigenvalue weighted by atomic mass is 10.0. The fourth-order valence-corrected chi connectivity index (χ4v) is 1.70. The van der Waals surface area contributed by atoms with E-state index < -0.39 is 0 Å². The van der Waals surface area contributed by atoms with E-state index in [2.05, 4.69) is 57.3 Å². The summed E-state index contributed by atoms with van der Waals surface area (Å²) in [6.07, 6.45) is 2.37. The number of rotatable bonds is 6. The van der Waals surface area contributed by atoms with E-state index in [1.54, 1.807) is 0 Å². The molecule has 16 heavy (non-hydrogen) atoms. The van der Waals surface area contributed by atoms with Gasteiger partial charge in [0.15, 0.2) is 0 Å². The van der Waals surface area contributed by atoms with Crippen LogP contribution < -0.4 is 5.32 Å². The second kappa shape index (κ2) is 6.70. The lowest BCUT2D eigenvalue weighted by Crippen LogP contribution is -2.24. The van der Waals surface area contributed by atoms with Crippen LogP contribution in [0.25, 0.3) is 0 Å². The minimum absolute atomic E-state index is 0.607. The molecule has 1 heteroatoms. The molecule has 0 amide bonds. The van der Waals surface area contributed by atoms with Crippen LogP contribution >= 0.6 is 0 Å². The third kappa shape index (κ3) is 4.80. The summed E-state index contributed by atoms with van der Waals surface area (Å²) < 4.78 is 0. The summed E-state index contributed by atoms with van der Waals surface area (Å²) in [6, 6.07) is 9.61. The maximum atomic E-state index is 3.51. The Bertz CT molecular complexity index is 287. The fraction of sp³-hybridized carbons (Fsp3) is 0.600. The zero-order chi connectivity index (χ0) is 12.0. The summed E-state index contributed by atoms with van der Waals surface area (Å²) in [5, 5.41) is 3.51. The molecule has 0 saturated carbocycles. The Kier molecular flexibility index (Phi) is 5.54. The fourth-order valence-electron chi connectivity index (χ4n) is 1.70. The predicted octanol–water partition coefficient (Wildman–Crippen LogP) is 3.77. The van der Waals surface area contributed by atoms with Crippen LogP contribution in [0.5, 0.6) is 0 Å². The molecule has 0 aliphatic heterocycles. The normalized spacial score (nSPS) is 13.1. The molecule has 1 rings (SSSR count). The summed E-state index contributed by atoms with van der Waals surface area (Å²) >= 11 is 0. The minimum atomic E-state index is 0.607. The van der Waals surface area contributed by atoms with Crippen LogP contribution in [-0.4, -0.2) is 6.04 Å². The third-order valence-corrected chi connectivity index (χ3v) is 2.93. The largest absolute Gasteiger partial charge is 0.310 e. The highest BCUT2D eigenvalue weighted by atomic mass is 14.9. The summed E-state index contributed by atoms with van der Waals surface area (Å²) in [7, 11) is 0. The highest BCUT2D eigenvalue weighted by Crippen LogP contribution is 2.09. The van der Waals surface area contributed by atoms with Crippen molar-refractivity contribution in [2.24, 2.45) is 5.92 Å². The molecule has 0 fully saturated rings. The molecule has 0 radical (unpaired) electrons. The number of hydrogen-bond donors (Lipinski definition) is 1. The van der Waals surface area contributed by atoms with E-state index in [4.69, 9.17) is 0 Å². The standard InChI is InChI=1S/C15H25N/c1-5-13(4)16-11-15-8-6-14(7-9-15)10-12(2)3/h6-9,12-13,16H,5,10-11H2,1-4H3/t13-/m0/s1. The molecule has 0 aliphatic carbocycles. The van der Waals surface area contributed by atoms with Gasteiger partial charge in [0, 0.05) is 12.6 Å². The first-order valence-corrected chi connectivity index (χ1v) is 6.43. The second-order valence-corrected chi connectivity index (χ2v) is 5.10. The first kappa shape index (κ1) is 13.2. The Labute approximate surface area is 100 Å². The zero-order valence-electron chi connectivity index (χ0n) is 11.1. The van der Waals surface area contributed by atoms with Gasteiger partial charge in [0.05, 0.1) is 0 Å². The van der Waals surface area contributed by atoms with Crippen molar-refractivity contribution in [1.82, 2.24) is 5.32 Å². The molecule has 0 aromatic heterocycles. The van der Waals surface area contributed by atoms with Crippen molar-refractivity contribution >= 4 is 0 Å². The maximum Gasteiger partial charge on any atom is 0.0207 e. The average Bonchev–Trinajstić information content (AvgIpc) is 2.27. The van der Waals surface area contributed by atoms with Crippen LogP contribution in [0.4, 0.5) is 0 Å². The topological polar surface area (TPSA) is 12.0 Å². The van der Waals surface area contributed by atoms with Gasteiger partial charge < -0.3 is 5.32 Å². The maximum absolute atomic E-state index is 3.51. The van der Waals surface area contributed by atoms with Crippen LogP contribution in [0, 0.1) is 5.92 Å². The highest BCUT2D eigenvalue weighted by Gasteiger charge is 2.00. The lowest BCUT2D eigenvalue weighted by Gasteiger charge is -2.11. The van der Waals surface area contributed by atoms with E-state index in [0.717, 1.165) is 12.5 Å². The van der Waals surface area contributed by atoms with E-state index in [1.165, 1.54) is 24.0 Å². The quantitative estimate of drug-likeness (QED) is 0.768. The van der Waals surface area contributed by atoms with Crippen molar-refractivity contribution in [1.29, 1.82) is 0 Å². The van der Waals surface area contributed by atoms with Crippen LogP contribution in [0.1, 0.15) is 45.2 Å². The van der Waals surface area contributed by atoms with Crippen LogP contribution in [0.15, 0.2) is 24.3 Å². The molecule has 1 N–H and O–H groups in total. The lowest BCUT2D eigenvalue weighted by molar-refractivity contribution is 0.534. The average molecular weight is 219 g/mol. The van der Waals surface area contributed by atoms with Gasteiger partial charge in [-0.2, -0.15) is 0 Å². The molecule has 0 heterocycles. The van der Waals surface area contributed by atoms with Crippen molar-refractivity contribution < 1.29 is 0 Å². The summed E-state index contributed by atoms with van der Waals surface area (Å²) in [6.45, 7) is 9.95. The molecule has 90 valence electrons. The number of hydrogen-bond acceptors (Lipinski definition) is 1. The molecule has 0 saturated heterocycles. The zero-order valence-corrected chi connectivity index (χ0v) is 11.1. The molecule has 1 aromatic rings. The number of benzene rings is 1. The predicted molar refractivity (Wildman–Crippen MR) is 71.6 cm³/mol. The first-order chi connectivity index (χ1) is 7.61. The number of nitrogens with one attached hydrogen (secondary N) is 1. The smallest absolute Gasteiger partial charge is 0.0207 e. The van der Waals surface area contributed by atoms with Gasteiger partial charge in [0.25, 0.3) is 0 Å². The Morgan fingerprint density at radius 1 is 1.00 bits per heavy atom.